The molecule has 0 bridgehead atoms. The molecule has 0 saturated carbocycles. The lowest BCUT2D eigenvalue weighted by molar-refractivity contribution is 0.439. The average molecular weight is 189 g/mol. The summed E-state index contributed by atoms with van der Waals surface area (Å²) in [6.07, 6.45) is 2.92. The normalized spacial score (nSPS) is 14.8. The molecule has 1 rings (SSSR count). The summed E-state index contributed by atoms with van der Waals surface area (Å²) in [5.41, 5.74) is 8.36. The first-order valence-electron chi connectivity index (χ1n) is 4.99. The number of hydrogen-bond acceptors (Lipinski definition) is 1. The predicted molar refractivity (Wildman–Crippen MR) is 62.2 cm³/mol. The van der Waals surface area contributed by atoms with Gasteiger partial charge in [0.25, 0.3) is 0 Å². The second kappa shape index (κ2) is 4.43. The van der Waals surface area contributed by atoms with Crippen LogP contribution in [-0.2, 0) is 6.42 Å². The summed E-state index contributed by atoms with van der Waals surface area (Å²) < 4.78 is 0. The van der Waals surface area contributed by atoms with Crippen LogP contribution in [0, 0.1) is 12.3 Å². The van der Waals surface area contributed by atoms with Crippen LogP contribution in [0.15, 0.2) is 36.9 Å². The Morgan fingerprint density at radius 2 is 1.93 bits per heavy atom. The first-order valence-corrected chi connectivity index (χ1v) is 4.99. The Balaban J connectivity index is 2.77. The van der Waals surface area contributed by atoms with Gasteiger partial charge in [0, 0.05) is 12.0 Å². The largest absolute Gasteiger partial charge is 0.330 e. The maximum absolute atomic E-state index is 5.72. The molecule has 0 radical (unpaired) electrons. The summed E-state index contributed by atoms with van der Waals surface area (Å²) in [4.78, 5) is 0. The van der Waals surface area contributed by atoms with E-state index in [2.05, 4.69) is 44.7 Å². The molecule has 1 atom stereocenters. The molecule has 2 N–H and O–H groups in total. The fraction of sp³-hybridized carbons (Fsp3) is 0.385. The third-order valence-corrected chi connectivity index (χ3v) is 2.69. The van der Waals surface area contributed by atoms with Gasteiger partial charge in [-0.25, -0.2) is 0 Å². The molecule has 1 aromatic rings. The van der Waals surface area contributed by atoms with E-state index in [1.165, 1.54) is 11.1 Å². The Morgan fingerprint density at radius 3 is 2.36 bits per heavy atom. The second-order valence-corrected chi connectivity index (χ2v) is 4.22. The van der Waals surface area contributed by atoms with E-state index in [9.17, 15) is 0 Å². The number of rotatable bonds is 4. The smallest absolute Gasteiger partial charge is 0.00146 e. The Hall–Kier alpha value is -1.08. The molecular weight excluding hydrogens is 170 g/mol. The molecule has 0 aliphatic rings. The van der Waals surface area contributed by atoms with E-state index >= 15 is 0 Å². The van der Waals surface area contributed by atoms with Crippen molar-refractivity contribution in [3.8, 4) is 0 Å². The minimum absolute atomic E-state index is 0.0231. The van der Waals surface area contributed by atoms with Gasteiger partial charge in [-0.3, -0.25) is 0 Å². The summed E-state index contributed by atoms with van der Waals surface area (Å²) in [6.45, 7) is 8.72. The van der Waals surface area contributed by atoms with Gasteiger partial charge in [0.05, 0.1) is 0 Å². The van der Waals surface area contributed by atoms with E-state index in [1.54, 1.807) is 0 Å². The van der Waals surface area contributed by atoms with Crippen molar-refractivity contribution in [2.45, 2.75) is 20.3 Å². The first-order chi connectivity index (χ1) is 6.59. The van der Waals surface area contributed by atoms with Crippen molar-refractivity contribution in [1.29, 1.82) is 0 Å². The fourth-order valence-corrected chi connectivity index (χ4v) is 1.40. The van der Waals surface area contributed by atoms with E-state index in [1.807, 2.05) is 6.08 Å². The first kappa shape index (κ1) is 11.0. The zero-order valence-corrected chi connectivity index (χ0v) is 9.09. The van der Waals surface area contributed by atoms with Crippen molar-refractivity contribution < 1.29 is 0 Å². The highest BCUT2D eigenvalue weighted by molar-refractivity contribution is 5.23. The van der Waals surface area contributed by atoms with Gasteiger partial charge >= 0.3 is 0 Å². The van der Waals surface area contributed by atoms with Crippen LogP contribution in [0.2, 0.25) is 0 Å². The zero-order valence-electron chi connectivity index (χ0n) is 9.09. The Kier molecular flexibility index (Phi) is 3.48. The molecule has 0 aliphatic carbocycles. The van der Waals surface area contributed by atoms with E-state index < -0.39 is 0 Å². The molecule has 0 heterocycles. The Labute approximate surface area is 86.6 Å². The molecule has 1 aromatic carbocycles. The molecule has 0 fully saturated rings. The van der Waals surface area contributed by atoms with Crippen molar-refractivity contribution in [3.63, 3.8) is 0 Å². The van der Waals surface area contributed by atoms with Crippen LogP contribution in [0.3, 0.4) is 0 Å². The maximum Gasteiger partial charge on any atom is 0.00146 e. The van der Waals surface area contributed by atoms with Crippen LogP contribution < -0.4 is 5.73 Å². The summed E-state index contributed by atoms with van der Waals surface area (Å²) in [5, 5.41) is 0. The summed E-state index contributed by atoms with van der Waals surface area (Å²) in [6, 6.07) is 8.59. The third kappa shape index (κ3) is 2.71. The van der Waals surface area contributed by atoms with Crippen LogP contribution in [0.5, 0.6) is 0 Å². The SMILES string of the molecule is C=CC(C)(CN)Cc1ccc(C)cc1. The number of benzene rings is 1. The lowest BCUT2D eigenvalue weighted by Crippen LogP contribution is -2.27. The van der Waals surface area contributed by atoms with Gasteiger partial charge in [-0.1, -0.05) is 42.8 Å². The molecule has 0 amide bonds. The molecular formula is C13H19N. The lowest BCUT2D eigenvalue weighted by atomic mass is 9.84. The molecule has 76 valence electrons. The standard InChI is InChI=1S/C13H19N/c1-4-13(3,10-14)9-12-7-5-11(2)6-8-12/h4-8H,1,9-10,14H2,2-3H3. The molecule has 14 heavy (non-hydrogen) atoms. The maximum atomic E-state index is 5.72. The van der Waals surface area contributed by atoms with Gasteiger partial charge in [-0.2, -0.15) is 0 Å². The Morgan fingerprint density at radius 1 is 1.36 bits per heavy atom. The van der Waals surface area contributed by atoms with Crippen molar-refractivity contribution in [3.05, 3.63) is 48.0 Å². The lowest BCUT2D eigenvalue weighted by Gasteiger charge is -2.23. The van der Waals surface area contributed by atoms with E-state index in [-0.39, 0.29) is 5.41 Å². The number of aryl methyl sites for hydroxylation is 1. The van der Waals surface area contributed by atoms with Crippen LogP contribution in [0.4, 0.5) is 0 Å². The highest BCUT2D eigenvalue weighted by Crippen LogP contribution is 2.22. The van der Waals surface area contributed by atoms with Crippen molar-refractivity contribution in [1.82, 2.24) is 0 Å². The van der Waals surface area contributed by atoms with Crippen LogP contribution >= 0.6 is 0 Å². The molecule has 1 heteroatoms. The molecule has 1 unspecified atom stereocenters. The predicted octanol–water partition coefficient (Wildman–Crippen LogP) is 2.69. The number of nitrogens with two attached hydrogens (primary N) is 1. The highest BCUT2D eigenvalue weighted by atomic mass is 14.6. The van der Waals surface area contributed by atoms with Gasteiger partial charge in [0.15, 0.2) is 0 Å². The third-order valence-electron chi connectivity index (χ3n) is 2.69. The average Bonchev–Trinajstić information content (AvgIpc) is 2.21. The minimum atomic E-state index is 0.0231. The van der Waals surface area contributed by atoms with E-state index in [0.29, 0.717) is 6.54 Å². The molecule has 0 spiro atoms. The quantitative estimate of drug-likeness (QED) is 0.724. The number of hydrogen-bond donors (Lipinski definition) is 1. The van der Waals surface area contributed by atoms with Gasteiger partial charge in [0.2, 0.25) is 0 Å². The second-order valence-electron chi connectivity index (χ2n) is 4.22. The monoisotopic (exact) mass is 189 g/mol. The van der Waals surface area contributed by atoms with Gasteiger partial charge in [-0.05, 0) is 18.9 Å². The van der Waals surface area contributed by atoms with Crippen molar-refractivity contribution >= 4 is 0 Å². The minimum Gasteiger partial charge on any atom is -0.330 e. The summed E-state index contributed by atoms with van der Waals surface area (Å²) in [5.74, 6) is 0. The Bertz CT molecular complexity index is 300. The molecule has 0 saturated heterocycles. The molecule has 0 aliphatic heterocycles. The van der Waals surface area contributed by atoms with Gasteiger partial charge in [0.1, 0.15) is 0 Å². The molecule has 0 aromatic heterocycles. The highest BCUT2D eigenvalue weighted by Gasteiger charge is 2.18. The van der Waals surface area contributed by atoms with E-state index in [0.717, 1.165) is 6.42 Å². The molecule has 1 nitrogen and oxygen atoms in total. The summed E-state index contributed by atoms with van der Waals surface area (Å²) >= 11 is 0. The zero-order chi connectivity index (χ0) is 10.6. The summed E-state index contributed by atoms with van der Waals surface area (Å²) in [7, 11) is 0. The van der Waals surface area contributed by atoms with Crippen LogP contribution in [0.1, 0.15) is 18.1 Å². The fourth-order valence-electron chi connectivity index (χ4n) is 1.40. The van der Waals surface area contributed by atoms with Crippen molar-refractivity contribution in [2.75, 3.05) is 6.54 Å². The van der Waals surface area contributed by atoms with E-state index in [4.69, 9.17) is 5.73 Å². The van der Waals surface area contributed by atoms with Crippen LogP contribution in [-0.4, -0.2) is 6.54 Å². The van der Waals surface area contributed by atoms with Crippen LogP contribution in [0.25, 0.3) is 0 Å². The van der Waals surface area contributed by atoms with Gasteiger partial charge in [-0.15, -0.1) is 6.58 Å². The van der Waals surface area contributed by atoms with Gasteiger partial charge < -0.3 is 5.73 Å². The van der Waals surface area contributed by atoms with Crippen molar-refractivity contribution in [2.24, 2.45) is 11.1 Å². The topological polar surface area (TPSA) is 26.0 Å².